The van der Waals surface area contributed by atoms with E-state index in [4.69, 9.17) is 9.97 Å². The molecule has 6 rings (SSSR count). The molecule has 0 amide bonds. The molecule has 2 aromatic heterocycles. The third kappa shape index (κ3) is 12.0. The van der Waals surface area contributed by atoms with Crippen molar-refractivity contribution >= 4 is 27.3 Å². The summed E-state index contributed by atoms with van der Waals surface area (Å²) in [5.74, 6) is 0.305. The number of carbonyl (C=O) groups excluding carboxylic acids is 1. The van der Waals surface area contributed by atoms with Gasteiger partial charge in [0.15, 0.2) is 5.78 Å². The molecule has 4 heteroatoms. The van der Waals surface area contributed by atoms with Crippen molar-refractivity contribution in [1.29, 1.82) is 0 Å². The van der Waals surface area contributed by atoms with Crippen LogP contribution in [0.4, 0.5) is 0 Å². The Bertz CT molecular complexity index is 2260. The molecule has 6 aromatic rings. The van der Waals surface area contributed by atoms with Crippen molar-refractivity contribution < 1.29 is 9.90 Å². The van der Waals surface area contributed by atoms with E-state index in [1.54, 1.807) is 0 Å². The molecule has 0 fully saturated rings. The molecule has 57 heavy (non-hydrogen) atoms. The quantitative estimate of drug-likeness (QED) is 0.0451. The van der Waals surface area contributed by atoms with Crippen molar-refractivity contribution in [3.63, 3.8) is 0 Å². The van der Waals surface area contributed by atoms with E-state index in [1.807, 2.05) is 12.4 Å². The van der Waals surface area contributed by atoms with Gasteiger partial charge in [0, 0.05) is 53.2 Å². The lowest BCUT2D eigenvalue weighted by molar-refractivity contribution is -0.114. The number of hydrogen-bond donors (Lipinski definition) is 1. The lowest BCUT2D eigenvalue weighted by atomic mass is 9.96. The van der Waals surface area contributed by atoms with E-state index in [9.17, 15) is 9.90 Å². The van der Waals surface area contributed by atoms with Crippen molar-refractivity contribution in [2.75, 3.05) is 0 Å². The van der Waals surface area contributed by atoms with Gasteiger partial charge in [0.25, 0.3) is 0 Å². The molecule has 0 atom stereocenters. The maximum absolute atomic E-state index is 12.5. The summed E-state index contributed by atoms with van der Waals surface area (Å²) in [6, 6.07) is 30.9. The molecule has 4 nitrogen and oxygen atoms in total. The summed E-state index contributed by atoms with van der Waals surface area (Å²) in [6.07, 6.45) is 22.0. The standard InChI is InChI=1S/C53H62N2O2/c1-38-31-39(2)34-44(33-38)52-50-25-17-21-42(48(50)27-29-54-52)19-13-9-5-7-11-15-23-46(56)37-47(57)24-16-12-8-6-10-14-20-43-22-18-26-51-49(43)28-30-55-53(51)45-35-40(3)32-41(4)36-45/h17-18,21-22,25-37,56H,5-16,19-20,23-24H2,1-4H3. The number of nitrogens with zero attached hydrogens (tertiary/aromatic N) is 2. The topological polar surface area (TPSA) is 63.1 Å². The molecule has 0 saturated carbocycles. The Morgan fingerprint density at radius 3 is 1.35 bits per heavy atom. The summed E-state index contributed by atoms with van der Waals surface area (Å²) in [4.78, 5) is 22.0. The zero-order chi connectivity index (χ0) is 40.0. The summed E-state index contributed by atoms with van der Waals surface area (Å²) in [5.41, 5.74) is 12.4. The number of pyridine rings is 2. The number of carbonyl (C=O) groups is 1. The number of aromatic nitrogens is 2. The average molecular weight is 759 g/mol. The molecule has 4 aromatic carbocycles. The van der Waals surface area contributed by atoms with Crippen molar-refractivity contribution in [3.05, 3.63) is 143 Å². The Labute approximate surface area is 341 Å². The minimum absolute atomic E-state index is 0.0588. The predicted octanol–water partition coefficient (Wildman–Crippen LogP) is 14.6. The highest BCUT2D eigenvalue weighted by Gasteiger charge is 2.11. The SMILES string of the molecule is Cc1cc(C)cc(-c2nccc3c(CCCCCCCCC(=O)C=C(O)CCCCCCCCc4cccc5c(-c6cc(C)cc(C)c6)nccc45)cccc23)c1. The van der Waals surface area contributed by atoms with Crippen molar-refractivity contribution in [1.82, 2.24) is 9.97 Å². The summed E-state index contributed by atoms with van der Waals surface area (Å²) in [6.45, 7) is 8.58. The number of fused-ring (bicyclic) bond motifs is 2. The number of hydrogen-bond acceptors (Lipinski definition) is 4. The number of rotatable bonds is 21. The van der Waals surface area contributed by atoms with Crippen LogP contribution in [0.2, 0.25) is 0 Å². The lowest BCUT2D eigenvalue weighted by Gasteiger charge is -2.11. The number of allylic oxidation sites excluding steroid dienone is 2. The Kier molecular flexibility index (Phi) is 15.2. The smallest absolute Gasteiger partial charge is 0.159 e. The third-order valence-corrected chi connectivity index (χ3v) is 11.4. The minimum atomic E-state index is 0.0588. The molecular formula is C53H62N2O2. The first kappa shape index (κ1) is 41.5. The van der Waals surface area contributed by atoms with Crippen LogP contribution in [-0.4, -0.2) is 20.9 Å². The van der Waals surface area contributed by atoms with E-state index in [0.29, 0.717) is 12.8 Å². The molecule has 0 aliphatic heterocycles. The zero-order valence-electron chi connectivity index (χ0n) is 34.9. The molecule has 0 aliphatic carbocycles. The van der Waals surface area contributed by atoms with Gasteiger partial charge in [-0.15, -0.1) is 0 Å². The van der Waals surface area contributed by atoms with Crippen LogP contribution in [0.1, 0.15) is 123 Å². The van der Waals surface area contributed by atoms with E-state index < -0.39 is 0 Å². The van der Waals surface area contributed by atoms with Gasteiger partial charge in [-0.1, -0.05) is 122 Å². The highest BCUT2D eigenvalue weighted by molar-refractivity contribution is 5.97. The Morgan fingerprint density at radius 2 is 0.895 bits per heavy atom. The second kappa shape index (κ2) is 20.9. The Balaban J connectivity index is 0.815. The van der Waals surface area contributed by atoms with Gasteiger partial charge in [-0.25, -0.2) is 0 Å². The van der Waals surface area contributed by atoms with Gasteiger partial charge in [0.1, 0.15) is 0 Å². The van der Waals surface area contributed by atoms with Crippen LogP contribution in [0, 0.1) is 27.7 Å². The largest absolute Gasteiger partial charge is 0.512 e. The van der Waals surface area contributed by atoms with Gasteiger partial charge < -0.3 is 5.11 Å². The Hall–Kier alpha value is -5.09. The van der Waals surface area contributed by atoms with Crippen LogP contribution in [0.5, 0.6) is 0 Å². The molecule has 0 bridgehead atoms. The second-order valence-electron chi connectivity index (χ2n) is 16.4. The van der Waals surface area contributed by atoms with E-state index in [-0.39, 0.29) is 11.5 Å². The van der Waals surface area contributed by atoms with Gasteiger partial charge in [0.2, 0.25) is 0 Å². The molecule has 0 radical (unpaired) electrons. The van der Waals surface area contributed by atoms with E-state index in [1.165, 1.54) is 104 Å². The van der Waals surface area contributed by atoms with Gasteiger partial charge >= 0.3 is 0 Å². The summed E-state index contributed by atoms with van der Waals surface area (Å²) in [7, 11) is 0. The van der Waals surface area contributed by atoms with Gasteiger partial charge in [-0.3, -0.25) is 14.8 Å². The molecule has 0 aliphatic rings. The summed E-state index contributed by atoms with van der Waals surface area (Å²) >= 11 is 0. The highest BCUT2D eigenvalue weighted by atomic mass is 16.3. The maximum atomic E-state index is 12.5. The normalized spacial score (nSPS) is 11.8. The fourth-order valence-corrected chi connectivity index (χ4v) is 8.64. The van der Waals surface area contributed by atoms with Gasteiger partial charge in [-0.2, -0.15) is 0 Å². The summed E-state index contributed by atoms with van der Waals surface area (Å²) in [5, 5.41) is 15.5. The fourth-order valence-electron chi connectivity index (χ4n) is 8.64. The van der Waals surface area contributed by atoms with Crippen LogP contribution in [0.3, 0.4) is 0 Å². The molecular weight excluding hydrogens is 697 g/mol. The number of aryl methyl sites for hydroxylation is 6. The first-order valence-electron chi connectivity index (χ1n) is 21.6. The summed E-state index contributed by atoms with van der Waals surface area (Å²) < 4.78 is 0. The van der Waals surface area contributed by atoms with Crippen LogP contribution >= 0.6 is 0 Å². The van der Waals surface area contributed by atoms with E-state index in [2.05, 4.69) is 113 Å². The number of benzene rings is 4. The van der Waals surface area contributed by atoms with Crippen LogP contribution in [0.25, 0.3) is 44.1 Å². The van der Waals surface area contributed by atoms with Gasteiger partial charge in [-0.05, 0) is 125 Å². The first-order chi connectivity index (χ1) is 27.7. The molecule has 0 unspecified atom stereocenters. The number of aliphatic hydroxyl groups is 1. The van der Waals surface area contributed by atoms with Crippen LogP contribution in [-0.2, 0) is 17.6 Å². The highest BCUT2D eigenvalue weighted by Crippen LogP contribution is 2.32. The third-order valence-electron chi connectivity index (χ3n) is 11.4. The average Bonchev–Trinajstić information content (AvgIpc) is 3.18. The molecule has 2 heterocycles. The lowest BCUT2D eigenvalue weighted by Crippen LogP contribution is -1.96. The zero-order valence-corrected chi connectivity index (χ0v) is 34.9. The van der Waals surface area contributed by atoms with Crippen molar-refractivity contribution in [3.8, 4) is 22.5 Å². The van der Waals surface area contributed by atoms with Crippen LogP contribution < -0.4 is 0 Å². The van der Waals surface area contributed by atoms with E-state index in [0.717, 1.165) is 69.2 Å². The fraction of sp³-hybridized carbons (Fsp3) is 0.377. The van der Waals surface area contributed by atoms with Crippen LogP contribution in [0.15, 0.2) is 109 Å². The van der Waals surface area contributed by atoms with Gasteiger partial charge in [0.05, 0.1) is 17.1 Å². The molecule has 0 saturated heterocycles. The molecule has 0 spiro atoms. The predicted molar refractivity (Wildman–Crippen MR) is 241 cm³/mol. The Morgan fingerprint density at radius 1 is 0.491 bits per heavy atom. The number of ketones is 1. The minimum Gasteiger partial charge on any atom is -0.512 e. The number of aliphatic hydroxyl groups excluding tert-OH is 1. The molecule has 1 N–H and O–H groups in total. The second-order valence-corrected chi connectivity index (χ2v) is 16.4. The maximum Gasteiger partial charge on any atom is 0.159 e. The number of unbranched alkanes of at least 4 members (excludes halogenated alkanes) is 10. The molecule has 296 valence electrons. The van der Waals surface area contributed by atoms with Crippen molar-refractivity contribution in [2.45, 2.75) is 130 Å². The first-order valence-corrected chi connectivity index (χ1v) is 21.6. The van der Waals surface area contributed by atoms with E-state index >= 15 is 0 Å². The monoisotopic (exact) mass is 758 g/mol. The van der Waals surface area contributed by atoms with Crippen molar-refractivity contribution in [2.24, 2.45) is 0 Å².